The van der Waals surface area contributed by atoms with Crippen LogP contribution < -0.4 is 29.6 Å². The van der Waals surface area contributed by atoms with Crippen LogP contribution in [0.5, 0.6) is 0 Å². The molecule has 3 nitrogen and oxygen atoms in total. The summed E-state index contributed by atoms with van der Waals surface area (Å²) in [6, 6.07) is 0. The van der Waals surface area contributed by atoms with Gasteiger partial charge in [0.15, 0.2) is 0 Å². The van der Waals surface area contributed by atoms with Crippen molar-refractivity contribution in [3.05, 3.63) is 0 Å². The summed E-state index contributed by atoms with van der Waals surface area (Å²) in [5, 5.41) is 0. The molecule has 0 heterocycles. The molecule has 0 spiro atoms. The van der Waals surface area contributed by atoms with Gasteiger partial charge in [0, 0.05) is 10.3 Å². The summed E-state index contributed by atoms with van der Waals surface area (Å²) >= 11 is 0. The quantitative estimate of drug-likeness (QED) is 0.244. The van der Waals surface area contributed by atoms with E-state index in [2.05, 4.69) is 0 Å². The molecule has 0 N–H and O–H groups in total. The predicted octanol–water partition coefficient (Wildman–Crippen LogP) is -3.83. The van der Waals surface area contributed by atoms with E-state index in [-0.39, 0.29) is 29.6 Å². The molecule has 5 heteroatoms. The maximum absolute atomic E-state index is 9.53. The fraction of sp³-hybridized carbons (Fsp3) is 1.00. The van der Waals surface area contributed by atoms with Crippen LogP contribution in [-0.4, -0.2) is 19.2 Å². The second kappa shape index (κ2) is 2.98. The third-order valence-corrected chi connectivity index (χ3v) is 0. The topological polar surface area (TPSA) is 57.2 Å². The van der Waals surface area contributed by atoms with Gasteiger partial charge in [-0.2, -0.15) is 0 Å². The van der Waals surface area contributed by atoms with Crippen LogP contribution in [0.2, 0.25) is 0 Å². The van der Waals surface area contributed by atoms with Gasteiger partial charge in [0.1, 0.15) is 0 Å². The summed E-state index contributed by atoms with van der Waals surface area (Å²) in [6.07, 6.45) is -3.40. The van der Waals surface area contributed by atoms with Crippen LogP contribution in [0.15, 0.2) is 0 Å². The second-order valence-corrected chi connectivity index (χ2v) is 1.36. The first kappa shape index (κ1) is 3.86. The second-order valence-electron chi connectivity index (χ2n) is 0.454. The molecule has 0 amide bonds. The Morgan fingerprint density at radius 1 is 1.83 bits per heavy atom. The average molecular weight is 121 g/mol. The molecular weight excluding hydrogens is 115 g/mol. The molecule has 0 aliphatic heterocycles. The number of hydrogen-bond donors (Lipinski definition) is 0. The van der Waals surface area contributed by atoms with Gasteiger partial charge in [0.2, 0.25) is 0 Å². The van der Waals surface area contributed by atoms with Gasteiger partial charge >= 0.3 is 29.6 Å². The van der Waals surface area contributed by atoms with Crippen molar-refractivity contribution >= 4 is 10.1 Å². The first-order valence-electron chi connectivity index (χ1n) is 2.20. The van der Waals surface area contributed by atoms with Crippen LogP contribution in [0.1, 0.15) is 4.11 Å². The largest absolute Gasteiger partial charge is 1.00 e. The van der Waals surface area contributed by atoms with Gasteiger partial charge in [-0.3, -0.25) is 0 Å². The van der Waals surface area contributed by atoms with E-state index in [9.17, 15) is 13.0 Å². The molecule has 0 saturated heterocycles. The van der Waals surface area contributed by atoms with Gasteiger partial charge in [-0.05, 0) is 0 Å². The zero-order valence-electron chi connectivity index (χ0n) is 6.13. The van der Waals surface area contributed by atoms with Crippen molar-refractivity contribution in [2.75, 3.05) is 6.18 Å². The van der Waals surface area contributed by atoms with Crippen LogP contribution in [0.4, 0.5) is 0 Å². The fourth-order valence-electron chi connectivity index (χ4n) is 0. The van der Waals surface area contributed by atoms with Gasteiger partial charge in [0.25, 0.3) is 0 Å². The normalized spacial score (nSPS) is 19.2. The molecule has 0 fully saturated rings. The van der Waals surface area contributed by atoms with Gasteiger partial charge in [0.05, 0.1) is 10.1 Å². The average Bonchev–Trinajstić information content (AvgIpc) is 1.25. The Morgan fingerprint density at radius 2 is 2.00 bits per heavy atom. The summed E-state index contributed by atoms with van der Waals surface area (Å²) in [7, 11) is -5.09. The molecule has 0 radical (unpaired) electrons. The zero-order chi connectivity index (χ0) is 7.00. The predicted molar refractivity (Wildman–Crippen MR) is 15.6 cm³/mol. The molecule has 0 atom stereocenters. The van der Waals surface area contributed by atoms with Crippen LogP contribution >= 0.6 is 0 Å². The van der Waals surface area contributed by atoms with E-state index < -0.39 is 16.3 Å². The molecule has 0 aromatic heterocycles. The van der Waals surface area contributed by atoms with Gasteiger partial charge in [-0.1, -0.05) is 0 Å². The third kappa shape index (κ3) is 90.6. The van der Waals surface area contributed by atoms with Crippen LogP contribution in [0, 0.1) is 0 Å². The summed E-state index contributed by atoms with van der Waals surface area (Å²) in [6.45, 7) is 0. The van der Waals surface area contributed by atoms with Crippen molar-refractivity contribution < 1.29 is 46.6 Å². The van der Waals surface area contributed by atoms with Gasteiger partial charge < -0.3 is 4.55 Å². The fourth-order valence-corrected chi connectivity index (χ4v) is 0. The Bertz CT molecular complexity index is 168. The van der Waals surface area contributed by atoms with Gasteiger partial charge in [-0.15, -0.1) is 0 Å². The van der Waals surface area contributed by atoms with Crippen molar-refractivity contribution in [2.24, 2.45) is 0 Å². The SMILES string of the molecule is [2H]C([2H])([2H])S(=O)(=O)[O-].[Na+]. The molecule has 32 valence electrons. The van der Waals surface area contributed by atoms with Crippen molar-refractivity contribution in [1.29, 1.82) is 0 Å². The van der Waals surface area contributed by atoms with E-state index in [4.69, 9.17) is 4.11 Å². The van der Waals surface area contributed by atoms with E-state index in [0.29, 0.717) is 0 Å². The summed E-state index contributed by atoms with van der Waals surface area (Å²) in [5.41, 5.74) is 0. The first-order valence-corrected chi connectivity index (χ1v) is 2.11. The molecule has 0 aliphatic rings. The van der Waals surface area contributed by atoms with Crippen molar-refractivity contribution in [2.45, 2.75) is 0 Å². The Kier molecular flexibility index (Phi) is 1.92. The molecule has 0 aromatic carbocycles. The maximum Gasteiger partial charge on any atom is 1.00 e. The Balaban J connectivity index is 0. The van der Waals surface area contributed by atoms with Crippen LogP contribution in [-0.2, 0) is 10.1 Å². The minimum atomic E-state index is -5.09. The minimum absolute atomic E-state index is 0. The monoisotopic (exact) mass is 121 g/mol. The molecule has 0 unspecified atom stereocenters. The molecular formula is CH3NaO3S. The molecule has 0 rings (SSSR count). The molecule has 6 heavy (non-hydrogen) atoms. The third-order valence-electron chi connectivity index (χ3n) is 0. The van der Waals surface area contributed by atoms with Crippen molar-refractivity contribution in [1.82, 2.24) is 0 Å². The summed E-state index contributed by atoms with van der Waals surface area (Å²) in [5.74, 6) is 0. The first-order chi connectivity index (χ1) is 3.25. The zero-order valence-corrected chi connectivity index (χ0v) is 5.95. The Morgan fingerprint density at radius 3 is 2.00 bits per heavy atom. The van der Waals surface area contributed by atoms with E-state index in [1.54, 1.807) is 0 Å². The standard InChI is InChI=1S/CH4O3S.Na/c1-5(2,3)4;/h1H3,(H,2,3,4);/q;+1/p-1/i1D3;. The van der Waals surface area contributed by atoms with Gasteiger partial charge in [-0.25, -0.2) is 8.42 Å². The van der Waals surface area contributed by atoms with Crippen molar-refractivity contribution in [3.8, 4) is 0 Å². The van der Waals surface area contributed by atoms with E-state index in [1.165, 1.54) is 0 Å². The molecule has 0 aromatic rings. The van der Waals surface area contributed by atoms with Crippen LogP contribution in [0.3, 0.4) is 0 Å². The number of hydrogen-bond acceptors (Lipinski definition) is 3. The van der Waals surface area contributed by atoms with E-state index in [0.717, 1.165) is 0 Å². The summed E-state index contributed by atoms with van der Waals surface area (Å²) in [4.78, 5) is 0. The van der Waals surface area contributed by atoms with Crippen LogP contribution in [0.25, 0.3) is 0 Å². The maximum atomic E-state index is 9.53. The molecule has 0 saturated carbocycles. The molecule has 0 aliphatic carbocycles. The summed E-state index contributed by atoms with van der Waals surface area (Å²) < 4.78 is 46.7. The minimum Gasteiger partial charge on any atom is -0.748 e. The van der Waals surface area contributed by atoms with E-state index in [1.807, 2.05) is 0 Å². The Hall–Kier alpha value is 0.910. The smallest absolute Gasteiger partial charge is 0.748 e. The van der Waals surface area contributed by atoms with E-state index >= 15 is 0 Å². The molecule has 0 bridgehead atoms. The van der Waals surface area contributed by atoms with Crippen molar-refractivity contribution in [3.63, 3.8) is 0 Å². The number of rotatable bonds is 0. The Labute approximate surface area is 63.0 Å².